The maximum Gasteiger partial charge on any atom is 0.122 e. The van der Waals surface area contributed by atoms with E-state index in [1.807, 2.05) is 6.92 Å². The van der Waals surface area contributed by atoms with Crippen LogP contribution in [-0.4, -0.2) is 19.7 Å². The van der Waals surface area contributed by atoms with Crippen LogP contribution < -0.4 is 16.2 Å². The lowest BCUT2D eigenvalue weighted by Gasteiger charge is -2.26. The first-order valence-corrected chi connectivity index (χ1v) is 8.13. The van der Waals surface area contributed by atoms with Gasteiger partial charge in [-0.2, -0.15) is 0 Å². The molecule has 0 amide bonds. The van der Waals surface area contributed by atoms with Crippen molar-refractivity contribution in [2.24, 2.45) is 17.4 Å². The predicted molar refractivity (Wildman–Crippen MR) is 91.1 cm³/mol. The molecule has 0 fully saturated rings. The quantitative estimate of drug-likeness (QED) is 0.771. The van der Waals surface area contributed by atoms with Crippen molar-refractivity contribution in [1.82, 2.24) is 0 Å². The van der Waals surface area contributed by atoms with Crippen molar-refractivity contribution in [3.8, 4) is 5.75 Å². The molecule has 0 spiro atoms. The molecule has 0 heterocycles. The highest BCUT2D eigenvalue weighted by Crippen LogP contribution is 2.36. The van der Waals surface area contributed by atoms with E-state index in [4.69, 9.17) is 16.2 Å². The van der Waals surface area contributed by atoms with E-state index in [0.717, 1.165) is 18.6 Å². The second-order valence-corrected chi connectivity index (χ2v) is 5.97. The number of benzene rings is 1. The lowest BCUT2D eigenvalue weighted by molar-refractivity contribution is 0.337. The second kappa shape index (κ2) is 8.40. The average molecular weight is 292 g/mol. The average Bonchev–Trinajstić information content (AvgIpc) is 2.48. The van der Waals surface area contributed by atoms with E-state index in [9.17, 15) is 0 Å². The summed E-state index contributed by atoms with van der Waals surface area (Å²) in [6.07, 6.45) is 2.18. The summed E-state index contributed by atoms with van der Waals surface area (Å²) in [4.78, 5) is 0. The Balaban J connectivity index is 3.18. The molecule has 1 aromatic carbocycles. The van der Waals surface area contributed by atoms with Gasteiger partial charge in [0.2, 0.25) is 0 Å². The van der Waals surface area contributed by atoms with Crippen molar-refractivity contribution in [2.75, 3.05) is 19.7 Å². The Kier molecular flexibility index (Phi) is 7.20. The zero-order valence-corrected chi connectivity index (χ0v) is 14.3. The highest BCUT2D eigenvalue weighted by Gasteiger charge is 2.21. The van der Waals surface area contributed by atoms with Crippen LogP contribution in [0.15, 0.2) is 6.07 Å². The molecule has 1 atom stereocenters. The maximum atomic E-state index is 5.83. The van der Waals surface area contributed by atoms with Crippen molar-refractivity contribution >= 4 is 0 Å². The molecule has 0 aliphatic carbocycles. The molecule has 0 aromatic heterocycles. The van der Waals surface area contributed by atoms with Gasteiger partial charge in [-0.15, -0.1) is 0 Å². The largest absolute Gasteiger partial charge is 0.494 e. The van der Waals surface area contributed by atoms with Gasteiger partial charge in [0.05, 0.1) is 6.61 Å². The topological polar surface area (TPSA) is 61.3 Å². The molecule has 4 N–H and O–H groups in total. The van der Waals surface area contributed by atoms with Crippen molar-refractivity contribution in [3.05, 3.63) is 28.3 Å². The molecule has 1 rings (SSSR count). The lowest BCUT2D eigenvalue weighted by atomic mass is 9.81. The summed E-state index contributed by atoms with van der Waals surface area (Å²) in [5, 5.41) is 0. The SMILES string of the molecule is CCOc1cc(C)c(C(CC)CC(CN)CN)c(C)c1C. The zero-order chi connectivity index (χ0) is 16.0. The fourth-order valence-electron chi connectivity index (χ4n) is 3.18. The van der Waals surface area contributed by atoms with E-state index in [1.54, 1.807) is 0 Å². The number of hydrogen-bond acceptors (Lipinski definition) is 3. The maximum absolute atomic E-state index is 5.83. The van der Waals surface area contributed by atoms with Crippen LogP contribution in [0.1, 0.15) is 54.9 Å². The Morgan fingerprint density at radius 2 is 1.67 bits per heavy atom. The summed E-state index contributed by atoms with van der Waals surface area (Å²) in [5.41, 5.74) is 17.1. The van der Waals surface area contributed by atoms with E-state index < -0.39 is 0 Å². The minimum atomic E-state index is 0.403. The summed E-state index contributed by atoms with van der Waals surface area (Å²) in [7, 11) is 0. The van der Waals surface area contributed by atoms with Crippen molar-refractivity contribution in [1.29, 1.82) is 0 Å². The van der Waals surface area contributed by atoms with Crippen molar-refractivity contribution < 1.29 is 4.74 Å². The fraction of sp³-hybridized carbons (Fsp3) is 0.667. The number of aryl methyl sites for hydroxylation is 1. The molecular weight excluding hydrogens is 260 g/mol. The zero-order valence-electron chi connectivity index (χ0n) is 14.3. The number of ether oxygens (including phenoxy) is 1. The molecule has 21 heavy (non-hydrogen) atoms. The molecule has 0 saturated carbocycles. The van der Waals surface area contributed by atoms with Crippen molar-refractivity contribution in [2.45, 2.75) is 53.4 Å². The van der Waals surface area contributed by atoms with Crippen LogP contribution >= 0.6 is 0 Å². The summed E-state index contributed by atoms with van der Waals surface area (Å²) >= 11 is 0. The summed E-state index contributed by atoms with van der Waals surface area (Å²) in [6.45, 7) is 12.9. The molecular formula is C18H32N2O. The highest BCUT2D eigenvalue weighted by atomic mass is 16.5. The van der Waals surface area contributed by atoms with Gasteiger partial charge in [0.1, 0.15) is 5.75 Å². The van der Waals surface area contributed by atoms with E-state index >= 15 is 0 Å². The first kappa shape index (κ1) is 18.0. The second-order valence-electron chi connectivity index (χ2n) is 5.97. The highest BCUT2D eigenvalue weighted by molar-refractivity contribution is 5.49. The normalized spacial score (nSPS) is 12.8. The molecule has 1 unspecified atom stereocenters. The first-order chi connectivity index (χ1) is 9.99. The van der Waals surface area contributed by atoms with Crippen LogP contribution in [0.25, 0.3) is 0 Å². The van der Waals surface area contributed by atoms with E-state index in [1.165, 1.54) is 22.3 Å². The number of hydrogen-bond donors (Lipinski definition) is 2. The molecule has 0 aliphatic heterocycles. The Hall–Kier alpha value is -1.06. The van der Waals surface area contributed by atoms with Crippen molar-refractivity contribution in [3.63, 3.8) is 0 Å². The summed E-state index contributed by atoms with van der Waals surface area (Å²) in [5.74, 6) is 1.94. The van der Waals surface area contributed by atoms with Gasteiger partial charge in [0.15, 0.2) is 0 Å². The molecule has 3 heteroatoms. The van der Waals surface area contributed by atoms with Gasteiger partial charge in [-0.25, -0.2) is 0 Å². The monoisotopic (exact) mass is 292 g/mol. The van der Waals surface area contributed by atoms with Crippen LogP contribution in [0.2, 0.25) is 0 Å². The third kappa shape index (κ3) is 4.21. The Labute approximate surface area is 130 Å². The summed E-state index contributed by atoms with van der Waals surface area (Å²) in [6, 6.07) is 2.18. The summed E-state index contributed by atoms with van der Waals surface area (Å²) < 4.78 is 5.75. The van der Waals surface area contributed by atoms with Gasteiger partial charge in [0.25, 0.3) is 0 Å². The third-order valence-corrected chi connectivity index (χ3v) is 4.59. The van der Waals surface area contributed by atoms with E-state index in [0.29, 0.717) is 31.5 Å². The van der Waals surface area contributed by atoms with E-state index in [2.05, 4.69) is 33.8 Å². The van der Waals surface area contributed by atoms with Gasteiger partial charge in [-0.3, -0.25) is 0 Å². The Morgan fingerprint density at radius 1 is 1.05 bits per heavy atom. The van der Waals surface area contributed by atoms with Gasteiger partial charge >= 0.3 is 0 Å². The lowest BCUT2D eigenvalue weighted by Crippen LogP contribution is -2.25. The standard InChI is InChI=1S/C18H32N2O/c1-6-16(9-15(10-19)11-20)18-12(3)8-17(21-7-2)13(4)14(18)5/h8,15-16H,6-7,9-11,19-20H2,1-5H3. The van der Waals surface area contributed by atoms with Crippen LogP contribution in [0.3, 0.4) is 0 Å². The fourth-order valence-corrected chi connectivity index (χ4v) is 3.18. The van der Waals surface area contributed by atoms with Crippen LogP contribution in [0, 0.1) is 26.7 Å². The predicted octanol–water partition coefficient (Wildman–Crippen LogP) is 3.43. The third-order valence-electron chi connectivity index (χ3n) is 4.59. The minimum Gasteiger partial charge on any atom is -0.494 e. The smallest absolute Gasteiger partial charge is 0.122 e. The molecule has 0 saturated heterocycles. The Morgan fingerprint density at radius 3 is 2.14 bits per heavy atom. The van der Waals surface area contributed by atoms with Gasteiger partial charge in [-0.05, 0) is 93.8 Å². The number of rotatable bonds is 8. The molecule has 120 valence electrons. The van der Waals surface area contributed by atoms with Crippen LogP contribution in [0.4, 0.5) is 0 Å². The minimum absolute atomic E-state index is 0.403. The Bertz CT molecular complexity index is 453. The van der Waals surface area contributed by atoms with Gasteiger partial charge in [0, 0.05) is 0 Å². The molecule has 3 nitrogen and oxygen atoms in total. The van der Waals surface area contributed by atoms with Gasteiger partial charge < -0.3 is 16.2 Å². The molecule has 0 radical (unpaired) electrons. The van der Waals surface area contributed by atoms with Gasteiger partial charge in [-0.1, -0.05) is 6.92 Å². The molecule has 0 bridgehead atoms. The van der Waals surface area contributed by atoms with E-state index in [-0.39, 0.29) is 0 Å². The van der Waals surface area contributed by atoms with Crippen LogP contribution in [-0.2, 0) is 0 Å². The molecule has 0 aliphatic rings. The molecule has 1 aromatic rings. The number of nitrogens with two attached hydrogens (primary N) is 2. The van der Waals surface area contributed by atoms with Crippen LogP contribution in [0.5, 0.6) is 5.75 Å². The first-order valence-electron chi connectivity index (χ1n) is 8.13.